The van der Waals surface area contributed by atoms with Crippen LogP contribution in [0.15, 0.2) is 24.8 Å². The fourth-order valence-electron chi connectivity index (χ4n) is 0.978. The minimum absolute atomic E-state index is 1.12. The van der Waals surface area contributed by atoms with Crippen LogP contribution in [0.1, 0.15) is 5.56 Å². The third-order valence-electron chi connectivity index (χ3n) is 1.56. The maximum atomic E-state index is 3.73. The molecule has 1 nitrogen and oxygen atoms in total. The largest absolute Gasteiger partial charge is 0.388 e. The zero-order chi connectivity index (χ0) is 8.27. The topological polar surface area (TPSA) is 12.0 Å². The van der Waals surface area contributed by atoms with Gasteiger partial charge in [-0.25, -0.2) is 0 Å². The molecule has 1 aromatic rings. The number of rotatable bonds is 2. The van der Waals surface area contributed by atoms with Gasteiger partial charge in [0, 0.05) is 12.7 Å². The first-order valence-corrected chi connectivity index (χ1v) is 4.05. The smallest absolute Gasteiger partial charge is 0.0411 e. The van der Waals surface area contributed by atoms with Crippen LogP contribution in [0.5, 0.6) is 0 Å². The quantitative estimate of drug-likeness (QED) is 0.659. The van der Waals surface area contributed by atoms with Crippen molar-refractivity contribution >= 4 is 26.3 Å². The van der Waals surface area contributed by atoms with Gasteiger partial charge >= 0.3 is 0 Å². The third-order valence-corrected chi connectivity index (χ3v) is 1.92. The molecule has 0 spiro atoms. The Hall–Kier alpha value is -0.810. The Labute approximate surface area is 69.7 Å². The molecular weight excluding hydrogens is 153 g/mol. The standard InChI is InChI=1S/C9H12NP/c1-3-7-6-8(11)4-5-9(7)10-2/h3-6,10H,1,11H2,2H3. The van der Waals surface area contributed by atoms with Crippen LogP contribution in [0.2, 0.25) is 0 Å². The minimum atomic E-state index is 1.12. The second kappa shape index (κ2) is 3.54. The minimum Gasteiger partial charge on any atom is -0.388 e. The molecule has 1 N–H and O–H groups in total. The van der Waals surface area contributed by atoms with Crippen LogP contribution in [0.3, 0.4) is 0 Å². The summed E-state index contributed by atoms with van der Waals surface area (Å²) in [5.74, 6) is 0. The molecule has 0 saturated heterocycles. The highest BCUT2D eigenvalue weighted by molar-refractivity contribution is 7.27. The zero-order valence-corrected chi connectivity index (χ0v) is 7.75. The Balaban J connectivity index is 3.16. The van der Waals surface area contributed by atoms with Gasteiger partial charge in [0.25, 0.3) is 0 Å². The third kappa shape index (κ3) is 1.81. The van der Waals surface area contributed by atoms with E-state index in [0.717, 1.165) is 11.3 Å². The van der Waals surface area contributed by atoms with Crippen LogP contribution in [-0.2, 0) is 0 Å². The fraction of sp³-hybridized carbons (Fsp3) is 0.111. The lowest BCUT2D eigenvalue weighted by molar-refractivity contribution is 1.51. The molecule has 11 heavy (non-hydrogen) atoms. The van der Waals surface area contributed by atoms with Gasteiger partial charge in [-0.1, -0.05) is 18.7 Å². The number of nitrogens with one attached hydrogen (secondary N) is 1. The molecule has 1 unspecified atom stereocenters. The molecule has 0 radical (unpaired) electrons. The van der Waals surface area contributed by atoms with E-state index in [0.29, 0.717) is 0 Å². The van der Waals surface area contributed by atoms with Crippen LogP contribution in [0.25, 0.3) is 6.08 Å². The van der Waals surface area contributed by atoms with Crippen molar-refractivity contribution in [1.82, 2.24) is 0 Å². The van der Waals surface area contributed by atoms with Gasteiger partial charge in [-0.2, -0.15) is 0 Å². The summed E-state index contributed by atoms with van der Waals surface area (Å²) in [5.41, 5.74) is 2.26. The SMILES string of the molecule is C=Cc1cc(P)ccc1NC. The van der Waals surface area contributed by atoms with Crippen LogP contribution in [-0.4, -0.2) is 7.05 Å². The fourth-order valence-corrected chi connectivity index (χ4v) is 1.25. The second-order valence-electron chi connectivity index (χ2n) is 2.30. The Morgan fingerprint density at radius 3 is 2.82 bits per heavy atom. The summed E-state index contributed by atoms with van der Waals surface area (Å²) in [7, 11) is 4.57. The lowest BCUT2D eigenvalue weighted by atomic mass is 10.2. The molecule has 1 rings (SSSR count). The van der Waals surface area contributed by atoms with Gasteiger partial charge in [0.15, 0.2) is 0 Å². The molecule has 0 saturated carbocycles. The van der Waals surface area contributed by atoms with E-state index in [2.05, 4.69) is 27.2 Å². The maximum absolute atomic E-state index is 3.73. The summed E-state index contributed by atoms with van der Waals surface area (Å²) in [6.45, 7) is 3.73. The van der Waals surface area contributed by atoms with Crippen molar-refractivity contribution in [2.45, 2.75) is 0 Å². The summed E-state index contributed by atoms with van der Waals surface area (Å²) in [6.07, 6.45) is 1.85. The first-order chi connectivity index (χ1) is 5.27. The van der Waals surface area contributed by atoms with Gasteiger partial charge in [0.05, 0.1) is 0 Å². The van der Waals surface area contributed by atoms with E-state index in [4.69, 9.17) is 0 Å². The van der Waals surface area contributed by atoms with E-state index in [9.17, 15) is 0 Å². The van der Waals surface area contributed by atoms with Gasteiger partial charge < -0.3 is 5.32 Å². The van der Waals surface area contributed by atoms with E-state index >= 15 is 0 Å². The highest BCUT2D eigenvalue weighted by Gasteiger charge is 1.94. The Morgan fingerprint density at radius 1 is 1.55 bits per heavy atom. The molecule has 0 aliphatic carbocycles. The zero-order valence-electron chi connectivity index (χ0n) is 6.59. The van der Waals surface area contributed by atoms with Gasteiger partial charge in [0.2, 0.25) is 0 Å². The van der Waals surface area contributed by atoms with Gasteiger partial charge in [-0.3, -0.25) is 0 Å². The van der Waals surface area contributed by atoms with Crippen LogP contribution in [0, 0.1) is 0 Å². The summed E-state index contributed by atoms with van der Waals surface area (Å²) in [5, 5.41) is 4.27. The van der Waals surface area contributed by atoms with Crippen molar-refractivity contribution in [2.75, 3.05) is 12.4 Å². The van der Waals surface area contributed by atoms with Crippen LogP contribution in [0.4, 0.5) is 5.69 Å². The van der Waals surface area contributed by atoms with E-state index in [-0.39, 0.29) is 0 Å². The van der Waals surface area contributed by atoms with E-state index < -0.39 is 0 Å². The lowest BCUT2D eigenvalue weighted by Crippen LogP contribution is -1.96. The molecule has 0 fully saturated rings. The Kier molecular flexibility index (Phi) is 2.67. The molecule has 58 valence electrons. The van der Waals surface area contributed by atoms with Gasteiger partial charge in [-0.15, -0.1) is 9.24 Å². The summed E-state index contributed by atoms with van der Waals surface area (Å²) >= 11 is 0. The first kappa shape index (κ1) is 8.29. The summed E-state index contributed by atoms with van der Waals surface area (Å²) < 4.78 is 0. The predicted octanol–water partition coefficient (Wildman–Crippen LogP) is 1.87. The van der Waals surface area contributed by atoms with E-state index in [1.54, 1.807) is 0 Å². The van der Waals surface area contributed by atoms with E-state index in [1.807, 2.05) is 25.3 Å². The van der Waals surface area contributed by atoms with Crippen molar-refractivity contribution in [3.63, 3.8) is 0 Å². The van der Waals surface area contributed by atoms with Crippen molar-refractivity contribution in [3.05, 3.63) is 30.3 Å². The lowest BCUT2D eigenvalue weighted by Gasteiger charge is -2.04. The maximum Gasteiger partial charge on any atom is 0.0411 e. The normalized spacial score (nSPS) is 9.27. The van der Waals surface area contributed by atoms with Crippen molar-refractivity contribution < 1.29 is 0 Å². The molecule has 0 heterocycles. The average molecular weight is 165 g/mol. The average Bonchev–Trinajstić information content (AvgIpc) is 2.04. The van der Waals surface area contributed by atoms with Gasteiger partial charge in [-0.05, 0) is 23.0 Å². The molecule has 0 aliphatic heterocycles. The van der Waals surface area contributed by atoms with Crippen molar-refractivity contribution in [2.24, 2.45) is 0 Å². The first-order valence-electron chi connectivity index (χ1n) is 3.47. The summed E-state index contributed by atoms with van der Waals surface area (Å²) in [4.78, 5) is 0. The Bertz CT molecular complexity index is 268. The second-order valence-corrected chi connectivity index (χ2v) is 2.97. The number of benzene rings is 1. The predicted molar refractivity (Wildman–Crippen MR) is 55.4 cm³/mol. The molecular formula is C9H12NP. The van der Waals surface area contributed by atoms with Crippen molar-refractivity contribution in [3.8, 4) is 0 Å². The summed E-state index contributed by atoms with van der Waals surface area (Å²) in [6, 6.07) is 6.16. The molecule has 0 amide bonds. The number of hydrogen-bond acceptors (Lipinski definition) is 1. The van der Waals surface area contributed by atoms with Crippen molar-refractivity contribution in [1.29, 1.82) is 0 Å². The van der Waals surface area contributed by atoms with Crippen LogP contribution < -0.4 is 10.6 Å². The van der Waals surface area contributed by atoms with E-state index in [1.165, 1.54) is 5.30 Å². The molecule has 1 atom stereocenters. The number of hydrogen-bond donors (Lipinski definition) is 1. The van der Waals surface area contributed by atoms with Crippen LogP contribution >= 0.6 is 9.24 Å². The Morgan fingerprint density at radius 2 is 2.27 bits per heavy atom. The monoisotopic (exact) mass is 165 g/mol. The molecule has 0 bridgehead atoms. The molecule has 2 heteroatoms. The van der Waals surface area contributed by atoms with Gasteiger partial charge in [0.1, 0.15) is 0 Å². The highest BCUT2D eigenvalue weighted by Crippen LogP contribution is 2.14. The molecule has 1 aromatic carbocycles. The molecule has 0 aliphatic rings. The molecule has 0 aromatic heterocycles. The number of anilines is 1. The highest BCUT2D eigenvalue weighted by atomic mass is 31.0.